The van der Waals surface area contributed by atoms with Crippen molar-refractivity contribution in [2.75, 3.05) is 13.2 Å². The van der Waals surface area contributed by atoms with E-state index in [9.17, 15) is 9.90 Å². The molecule has 1 aromatic rings. The van der Waals surface area contributed by atoms with Gasteiger partial charge in [0.25, 0.3) is 0 Å². The summed E-state index contributed by atoms with van der Waals surface area (Å²) < 4.78 is 4.85. The summed E-state index contributed by atoms with van der Waals surface area (Å²) in [5.41, 5.74) is 0.966. The maximum Gasteiger partial charge on any atom is 0.306 e. The van der Waals surface area contributed by atoms with Crippen LogP contribution < -0.4 is 0 Å². The third-order valence-electron chi connectivity index (χ3n) is 2.21. The van der Waals surface area contributed by atoms with E-state index in [0.29, 0.717) is 6.61 Å². The van der Waals surface area contributed by atoms with Gasteiger partial charge in [0, 0.05) is 5.92 Å². The molecular weight excluding hydrogens is 192 g/mol. The van der Waals surface area contributed by atoms with Crippen LogP contribution in [0.3, 0.4) is 0 Å². The summed E-state index contributed by atoms with van der Waals surface area (Å²) in [6.45, 7) is 2.11. The van der Waals surface area contributed by atoms with Crippen LogP contribution in [0.15, 0.2) is 30.3 Å². The standard InChI is InChI=1S/C12H16O3/c1-2-15-12(14)8-11(9-13)10-6-4-3-5-7-10/h3-7,11,13H,2,8-9H2,1H3. The Kier molecular flexibility index (Phi) is 4.84. The van der Waals surface area contributed by atoms with Gasteiger partial charge in [0.1, 0.15) is 0 Å². The van der Waals surface area contributed by atoms with E-state index in [1.54, 1.807) is 6.92 Å². The van der Waals surface area contributed by atoms with Crippen molar-refractivity contribution in [1.82, 2.24) is 0 Å². The maximum absolute atomic E-state index is 11.3. The van der Waals surface area contributed by atoms with Crippen molar-refractivity contribution in [3.63, 3.8) is 0 Å². The number of rotatable bonds is 5. The number of hydrogen-bond acceptors (Lipinski definition) is 3. The van der Waals surface area contributed by atoms with E-state index in [1.165, 1.54) is 0 Å². The first-order chi connectivity index (χ1) is 7.27. The third kappa shape index (κ3) is 3.72. The summed E-state index contributed by atoms with van der Waals surface area (Å²) in [5.74, 6) is -0.425. The van der Waals surface area contributed by atoms with E-state index in [1.807, 2.05) is 30.3 Å². The Morgan fingerprint density at radius 2 is 2.07 bits per heavy atom. The molecule has 1 atom stereocenters. The van der Waals surface area contributed by atoms with E-state index >= 15 is 0 Å². The van der Waals surface area contributed by atoms with Gasteiger partial charge in [0.15, 0.2) is 0 Å². The van der Waals surface area contributed by atoms with Crippen LogP contribution in [-0.2, 0) is 9.53 Å². The van der Waals surface area contributed by atoms with E-state index in [4.69, 9.17) is 4.74 Å². The van der Waals surface area contributed by atoms with Crippen LogP contribution in [0.25, 0.3) is 0 Å². The molecule has 0 spiro atoms. The van der Waals surface area contributed by atoms with Crippen LogP contribution in [-0.4, -0.2) is 24.3 Å². The molecule has 0 aromatic heterocycles. The van der Waals surface area contributed by atoms with Crippen molar-refractivity contribution in [3.8, 4) is 0 Å². The lowest BCUT2D eigenvalue weighted by Gasteiger charge is -2.13. The molecular formula is C12H16O3. The lowest BCUT2D eigenvalue weighted by atomic mass is 9.97. The van der Waals surface area contributed by atoms with Crippen LogP contribution in [0.2, 0.25) is 0 Å². The smallest absolute Gasteiger partial charge is 0.306 e. The average Bonchev–Trinajstić information content (AvgIpc) is 2.27. The monoisotopic (exact) mass is 208 g/mol. The molecule has 1 unspecified atom stereocenters. The number of aliphatic hydroxyl groups is 1. The SMILES string of the molecule is CCOC(=O)CC(CO)c1ccccc1. The highest BCUT2D eigenvalue weighted by Crippen LogP contribution is 2.19. The molecule has 3 heteroatoms. The fraction of sp³-hybridized carbons (Fsp3) is 0.417. The molecule has 0 aliphatic carbocycles. The van der Waals surface area contributed by atoms with Gasteiger partial charge in [-0.3, -0.25) is 4.79 Å². The summed E-state index contributed by atoms with van der Waals surface area (Å²) in [6.07, 6.45) is 0.231. The number of ether oxygens (including phenoxy) is 1. The molecule has 1 aromatic carbocycles. The molecule has 0 bridgehead atoms. The van der Waals surface area contributed by atoms with E-state index in [0.717, 1.165) is 5.56 Å². The van der Waals surface area contributed by atoms with Gasteiger partial charge in [-0.2, -0.15) is 0 Å². The molecule has 82 valence electrons. The maximum atomic E-state index is 11.3. The fourth-order valence-electron chi connectivity index (χ4n) is 1.43. The van der Waals surface area contributed by atoms with Gasteiger partial charge in [-0.25, -0.2) is 0 Å². The molecule has 0 saturated carbocycles. The second kappa shape index (κ2) is 6.19. The van der Waals surface area contributed by atoms with Crippen molar-refractivity contribution >= 4 is 5.97 Å². The molecule has 1 rings (SSSR count). The molecule has 0 aliphatic rings. The topological polar surface area (TPSA) is 46.5 Å². The van der Waals surface area contributed by atoms with Gasteiger partial charge >= 0.3 is 5.97 Å². The van der Waals surface area contributed by atoms with Crippen LogP contribution in [0.5, 0.6) is 0 Å². The number of aliphatic hydroxyl groups excluding tert-OH is 1. The van der Waals surface area contributed by atoms with E-state index in [-0.39, 0.29) is 24.9 Å². The molecule has 0 radical (unpaired) electrons. The highest BCUT2D eigenvalue weighted by molar-refractivity contribution is 5.70. The summed E-state index contributed by atoms with van der Waals surface area (Å²) >= 11 is 0. The van der Waals surface area contributed by atoms with Crippen LogP contribution >= 0.6 is 0 Å². The quantitative estimate of drug-likeness (QED) is 0.749. The third-order valence-corrected chi connectivity index (χ3v) is 2.21. The number of hydrogen-bond donors (Lipinski definition) is 1. The van der Waals surface area contributed by atoms with Crippen molar-refractivity contribution in [2.24, 2.45) is 0 Å². The lowest BCUT2D eigenvalue weighted by molar-refractivity contribution is -0.143. The Hall–Kier alpha value is -1.35. The van der Waals surface area contributed by atoms with Crippen molar-refractivity contribution < 1.29 is 14.6 Å². The highest BCUT2D eigenvalue weighted by atomic mass is 16.5. The molecule has 0 saturated heterocycles. The molecule has 0 heterocycles. The second-order valence-corrected chi connectivity index (χ2v) is 3.30. The number of esters is 1. The largest absolute Gasteiger partial charge is 0.466 e. The Morgan fingerprint density at radius 1 is 1.40 bits per heavy atom. The van der Waals surface area contributed by atoms with E-state index < -0.39 is 0 Å². The Morgan fingerprint density at radius 3 is 2.60 bits per heavy atom. The summed E-state index contributed by atoms with van der Waals surface area (Å²) in [6, 6.07) is 9.49. The predicted octanol–water partition coefficient (Wildman–Crippen LogP) is 1.72. The minimum Gasteiger partial charge on any atom is -0.466 e. The zero-order valence-electron chi connectivity index (χ0n) is 8.85. The van der Waals surface area contributed by atoms with Crippen LogP contribution in [0, 0.1) is 0 Å². The normalized spacial score (nSPS) is 12.1. The summed E-state index contributed by atoms with van der Waals surface area (Å²) in [7, 11) is 0. The van der Waals surface area contributed by atoms with Gasteiger partial charge in [0.05, 0.1) is 19.6 Å². The van der Waals surface area contributed by atoms with Crippen LogP contribution in [0.4, 0.5) is 0 Å². The summed E-state index contributed by atoms with van der Waals surface area (Å²) in [5, 5.41) is 9.19. The zero-order valence-corrected chi connectivity index (χ0v) is 8.85. The molecule has 0 amide bonds. The molecule has 0 aliphatic heterocycles. The average molecular weight is 208 g/mol. The van der Waals surface area contributed by atoms with Gasteiger partial charge in [-0.15, -0.1) is 0 Å². The van der Waals surface area contributed by atoms with Gasteiger partial charge < -0.3 is 9.84 Å². The van der Waals surface area contributed by atoms with Gasteiger partial charge in [-0.05, 0) is 12.5 Å². The van der Waals surface area contributed by atoms with Crippen molar-refractivity contribution in [1.29, 1.82) is 0 Å². The zero-order chi connectivity index (χ0) is 11.1. The first kappa shape index (κ1) is 11.7. The first-order valence-electron chi connectivity index (χ1n) is 5.09. The molecule has 0 fully saturated rings. The van der Waals surface area contributed by atoms with E-state index in [2.05, 4.69) is 0 Å². The Balaban J connectivity index is 2.61. The molecule has 3 nitrogen and oxygen atoms in total. The minimum atomic E-state index is -0.264. The number of carbonyl (C=O) groups excluding carboxylic acids is 1. The molecule has 1 N–H and O–H groups in total. The van der Waals surface area contributed by atoms with Gasteiger partial charge in [-0.1, -0.05) is 30.3 Å². The van der Waals surface area contributed by atoms with Crippen molar-refractivity contribution in [2.45, 2.75) is 19.3 Å². The van der Waals surface area contributed by atoms with Crippen molar-refractivity contribution in [3.05, 3.63) is 35.9 Å². The first-order valence-corrected chi connectivity index (χ1v) is 5.09. The predicted molar refractivity (Wildman–Crippen MR) is 57.5 cm³/mol. The minimum absolute atomic E-state index is 0.0389. The fourth-order valence-corrected chi connectivity index (χ4v) is 1.43. The van der Waals surface area contributed by atoms with Crippen LogP contribution in [0.1, 0.15) is 24.8 Å². The Labute approximate surface area is 89.7 Å². The number of benzene rings is 1. The highest BCUT2D eigenvalue weighted by Gasteiger charge is 2.15. The lowest BCUT2D eigenvalue weighted by Crippen LogP contribution is -2.13. The molecule has 15 heavy (non-hydrogen) atoms. The number of carbonyl (C=O) groups is 1. The Bertz CT molecular complexity index is 295. The summed E-state index contributed by atoms with van der Waals surface area (Å²) in [4.78, 5) is 11.3. The van der Waals surface area contributed by atoms with Gasteiger partial charge in [0.2, 0.25) is 0 Å². The second-order valence-electron chi connectivity index (χ2n) is 3.30.